The van der Waals surface area contributed by atoms with Crippen molar-refractivity contribution in [2.45, 2.75) is 33.4 Å². The van der Waals surface area contributed by atoms with E-state index in [0.717, 1.165) is 59.9 Å². The van der Waals surface area contributed by atoms with Crippen molar-refractivity contribution in [3.05, 3.63) is 77.3 Å². The quantitative estimate of drug-likeness (QED) is 0.313. The van der Waals surface area contributed by atoms with Crippen molar-refractivity contribution < 1.29 is 13.5 Å². The monoisotopic (exact) mass is 546 g/mol. The lowest BCUT2D eigenvalue weighted by atomic mass is 10.1. The summed E-state index contributed by atoms with van der Waals surface area (Å²) in [4.78, 5) is 18.5. The Bertz CT molecular complexity index is 1600. The summed E-state index contributed by atoms with van der Waals surface area (Å²) >= 11 is 0. The zero-order valence-electron chi connectivity index (χ0n) is 22.1. The molecule has 1 aliphatic heterocycles. The third-order valence-corrected chi connectivity index (χ3v) is 7.17. The van der Waals surface area contributed by atoms with E-state index in [1.807, 2.05) is 49.0 Å². The highest BCUT2D eigenvalue weighted by atomic mass is 19.3. The van der Waals surface area contributed by atoms with Gasteiger partial charge < -0.3 is 14.0 Å². The summed E-state index contributed by atoms with van der Waals surface area (Å²) in [6.07, 6.45) is 6.10. The molecule has 0 saturated carbocycles. The first-order valence-corrected chi connectivity index (χ1v) is 13.0. The number of aromatic nitrogens is 8. The number of ether oxygens (including phenoxy) is 1. The van der Waals surface area contributed by atoms with Crippen molar-refractivity contribution in [3.63, 3.8) is 0 Å². The van der Waals surface area contributed by atoms with Gasteiger partial charge in [0.05, 0.1) is 12.2 Å². The number of halogens is 2. The first-order valence-electron chi connectivity index (χ1n) is 13.0. The second-order valence-corrected chi connectivity index (χ2v) is 9.77. The number of alkyl halides is 2. The van der Waals surface area contributed by atoms with Crippen molar-refractivity contribution in [1.29, 1.82) is 0 Å². The van der Waals surface area contributed by atoms with E-state index < -0.39 is 6.61 Å². The predicted molar refractivity (Wildman–Crippen MR) is 143 cm³/mol. The van der Waals surface area contributed by atoms with Gasteiger partial charge in [0.1, 0.15) is 11.4 Å². The lowest BCUT2D eigenvalue weighted by molar-refractivity contribution is -0.0503. The number of pyridine rings is 1. The molecule has 0 atom stereocenters. The van der Waals surface area contributed by atoms with Crippen LogP contribution in [0.4, 0.5) is 14.7 Å². The number of nitrogens with one attached hydrogen (secondary N) is 1. The van der Waals surface area contributed by atoms with Crippen LogP contribution >= 0.6 is 0 Å². The minimum Gasteiger partial charge on any atom is -0.435 e. The number of hydrogen-bond donors (Lipinski definition) is 1. The number of imidazole rings is 1. The molecule has 0 spiro atoms. The van der Waals surface area contributed by atoms with Crippen LogP contribution in [0.2, 0.25) is 0 Å². The molecule has 5 aromatic rings. The maximum Gasteiger partial charge on any atom is 0.387 e. The number of aryl methyl sites for hydroxylation is 2. The second-order valence-electron chi connectivity index (χ2n) is 9.77. The Morgan fingerprint density at radius 3 is 2.55 bits per heavy atom. The second kappa shape index (κ2) is 10.9. The number of rotatable bonds is 8. The molecule has 0 aliphatic carbocycles. The van der Waals surface area contributed by atoms with Gasteiger partial charge in [0.2, 0.25) is 5.95 Å². The smallest absolute Gasteiger partial charge is 0.387 e. The largest absolute Gasteiger partial charge is 0.435 e. The van der Waals surface area contributed by atoms with Crippen LogP contribution in [-0.2, 0) is 13.0 Å². The molecule has 0 amide bonds. The number of aromatic amines is 1. The van der Waals surface area contributed by atoms with Gasteiger partial charge in [-0.2, -0.15) is 14.0 Å². The number of tetrazole rings is 1. The molecule has 11 nitrogen and oxygen atoms in total. The van der Waals surface area contributed by atoms with Crippen LogP contribution in [0.15, 0.2) is 48.9 Å². The fourth-order valence-electron chi connectivity index (χ4n) is 5.09. The molecule has 1 N–H and O–H groups in total. The van der Waals surface area contributed by atoms with Gasteiger partial charge in [-0.25, -0.2) is 15.0 Å². The number of para-hydroxylation sites is 1. The Kier molecular flexibility index (Phi) is 7.03. The third-order valence-electron chi connectivity index (χ3n) is 7.17. The number of benzene rings is 1. The normalized spacial score (nSPS) is 14.4. The van der Waals surface area contributed by atoms with Crippen molar-refractivity contribution in [2.75, 3.05) is 31.1 Å². The van der Waals surface area contributed by atoms with E-state index >= 15 is 0 Å². The highest BCUT2D eigenvalue weighted by molar-refractivity contribution is 5.68. The van der Waals surface area contributed by atoms with E-state index in [9.17, 15) is 8.78 Å². The summed E-state index contributed by atoms with van der Waals surface area (Å²) in [5.74, 6) is 1.54. The number of piperazine rings is 1. The molecule has 40 heavy (non-hydrogen) atoms. The minimum absolute atomic E-state index is 0.166. The SMILES string of the molecule is Cc1cc2nc(C)c(Cc3ccccc3OC(F)F)n2cc1-c1cnc(N2CCN(Cc3nn[nH]n3)CC2)nc1. The summed E-state index contributed by atoms with van der Waals surface area (Å²) < 4.78 is 32.7. The summed E-state index contributed by atoms with van der Waals surface area (Å²) in [7, 11) is 0. The van der Waals surface area contributed by atoms with Gasteiger partial charge in [-0.15, -0.1) is 10.2 Å². The van der Waals surface area contributed by atoms with Crippen LogP contribution in [0.5, 0.6) is 5.75 Å². The Morgan fingerprint density at radius 2 is 1.82 bits per heavy atom. The molecule has 6 rings (SSSR count). The molecule has 0 bridgehead atoms. The molecule has 5 heterocycles. The highest BCUT2D eigenvalue weighted by Gasteiger charge is 2.21. The summed E-state index contributed by atoms with van der Waals surface area (Å²) in [5, 5.41) is 14.2. The molecule has 13 heteroatoms. The fraction of sp³-hybridized carbons (Fsp3) is 0.333. The topological polar surface area (TPSA) is 113 Å². The van der Waals surface area contributed by atoms with Crippen LogP contribution in [0, 0.1) is 13.8 Å². The lowest BCUT2D eigenvalue weighted by Gasteiger charge is -2.33. The van der Waals surface area contributed by atoms with Crippen LogP contribution in [0.3, 0.4) is 0 Å². The van der Waals surface area contributed by atoms with E-state index in [0.29, 0.717) is 30.3 Å². The Hall–Kier alpha value is -4.52. The molecule has 1 aromatic carbocycles. The summed E-state index contributed by atoms with van der Waals surface area (Å²) in [6.45, 7) is 5.03. The zero-order valence-corrected chi connectivity index (χ0v) is 22.1. The van der Waals surface area contributed by atoms with Crippen molar-refractivity contribution in [1.82, 2.24) is 44.9 Å². The van der Waals surface area contributed by atoms with Crippen LogP contribution in [0.25, 0.3) is 16.8 Å². The molecule has 206 valence electrons. The molecule has 0 unspecified atom stereocenters. The number of nitrogens with zero attached hydrogens (tertiary/aromatic N) is 9. The van der Waals surface area contributed by atoms with Crippen LogP contribution < -0.4 is 9.64 Å². The number of anilines is 1. The van der Waals surface area contributed by atoms with Crippen molar-refractivity contribution in [2.24, 2.45) is 0 Å². The number of hydrogen-bond acceptors (Lipinski definition) is 9. The van der Waals surface area contributed by atoms with E-state index in [2.05, 4.69) is 40.4 Å². The number of fused-ring (bicyclic) bond motifs is 1. The maximum absolute atomic E-state index is 13.0. The molecule has 1 fully saturated rings. The average molecular weight is 547 g/mol. The zero-order chi connectivity index (χ0) is 27.6. The Balaban J connectivity index is 1.22. The van der Waals surface area contributed by atoms with Crippen LogP contribution in [0.1, 0.15) is 28.3 Å². The first kappa shape index (κ1) is 25.7. The first-order chi connectivity index (χ1) is 19.4. The van der Waals surface area contributed by atoms with E-state index in [-0.39, 0.29) is 5.75 Å². The third kappa shape index (κ3) is 5.32. The Morgan fingerprint density at radius 1 is 1.05 bits per heavy atom. The standard InChI is InChI=1S/C27H28F2N10O/c1-17-11-25-32-18(2)22(12-19-5-3-4-6-23(19)40-26(28)29)39(25)15-21(17)20-13-30-27(31-14-20)38-9-7-37(8-10-38)16-24-33-35-36-34-24/h3-6,11,13-15,26H,7-10,12,16H2,1-2H3,(H,33,34,35,36). The lowest BCUT2D eigenvalue weighted by Crippen LogP contribution is -2.46. The summed E-state index contributed by atoms with van der Waals surface area (Å²) in [6, 6.07) is 8.87. The predicted octanol–water partition coefficient (Wildman–Crippen LogP) is 3.44. The molecular formula is C27H28F2N10O. The Labute approximate surface area is 228 Å². The van der Waals surface area contributed by atoms with Gasteiger partial charge >= 0.3 is 6.61 Å². The number of H-pyrrole nitrogens is 1. The van der Waals surface area contributed by atoms with Gasteiger partial charge in [0.15, 0.2) is 5.82 Å². The highest BCUT2D eigenvalue weighted by Crippen LogP contribution is 2.29. The van der Waals surface area contributed by atoms with Gasteiger partial charge in [0, 0.05) is 73.6 Å². The average Bonchev–Trinajstić information content (AvgIpc) is 3.56. The molecule has 4 aromatic heterocycles. The van der Waals surface area contributed by atoms with E-state index in [1.165, 1.54) is 0 Å². The van der Waals surface area contributed by atoms with Gasteiger partial charge in [-0.1, -0.05) is 23.4 Å². The maximum atomic E-state index is 13.0. The van der Waals surface area contributed by atoms with Gasteiger partial charge in [-0.05, 0) is 31.5 Å². The molecular weight excluding hydrogens is 518 g/mol. The molecule has 0 radical (unpaired) electrons. The van der Waals surface area contributed by atoms with Gasteiger partial charge in [-0.3, -0.25) is 4.90 Å². The molecule has 1 aliphatic rings. The summed E-state index contributed by atoms with van der Waals surface area (Å²) in [5.41, 5.74) is 6.08. The van der Waals surface area contributed by atoms with Gasteiger partial charge in [0.25, 0.3) is 0 Å². The van der Waals surface area contributed by atoms with E-state index in [4.69, 9.17) is 9.72 Å². The fourth-order valence-corrected chi connectivity index (χ4v) is 5.09. The molecule has 1 saturated heterocycles. The van der Waals surface area contributed by atoms with E-state index in [1.54, 1.807) is 18.2 Å². The van der Waals surface area contributed by atoms with Crippen LogP contribution in [-0.4, -0.2) is 77.7 Å². The minimum atomic E-state index is -2.89. The van der Waals surface area contributed by atoms with Crippen molar-refractivity contribution in [3.8, 4) is 16.9 Å². The van der Waals surface area contributed by atoms with Crippen molar-refractivity contribution >= 4 is 11.6 Å².